The van der Waals surface area contributed by atoms with Crippen LogP contribution in [-0.2, 0) is 0 Å². The molecule has 1 amide bonds. The van der Waals surface area contributed by atoms with Gasteiger partial charge < -0.3 is 10.6 Å². The zero-order valence-electron chi connectivity index (χ0n) is 12.0. The van der Waals surface area contributed by atoms with Crippen LogP contribution >= 0.6 is 23.7 Å². The molecule has 1 aliphatic heterocycles. The van der Waals surface area contributed by atoms with Gasteiger partial charge >= 0.3 is 0 Å². The summed E-state index contributed by atoms with van der Waals surface area (Å²) in [6.45, 7) is 7.05. The number of halogens is 1. The standard InChI is InChI=1S/C14H20N2O2S.ClH/c1-9(17)10-6-11(19-7-10)13(18)16-5-4-12(15)14(2,3)8-16;/h6-7,12H,4-5,8,15H2,1-3H3;1H. The highest BCUT2D eigenvalue weighted by molar-refractivity contribution is 7.12. The van der Waals surface area contributed by atoms with Crippen molar-refractivity contribution in [1.29, 1.82) is 0 Å². The van der Waals surface area contributed by atoms with Crippen molar-refractivity contribution in [3.63, 3.8) is 0 Å². The highest BCUT2D eigenvalue weighted by atomic mass is 35.5. The molecule has 2 heterocycles. The number of hydrogen-bond donors (Lipinski definition) is 1. The first-order chi connectivity index (χ1) is 8.81. The summed E-state index contributed by atoms with van der Waals surface area (Å²) in [6.07, 6.45) is 0.823. The molecule has 4 nitrogen and oxygen atoms in total. The summed E-state index contributed by atoms with van der Waals surface area (Å²) >= 11 is 1.34. The number of nitrogens with zero attached hydrogens (tertiary/aromatic N) is 1. The minimum Gasteiger partial charge on any atom is -0.337 e. The highest BCUT2D eigenvalue weighted by Gasteiger charge is 2.35. The van der Waals surface area contributed by atoms with E-state index in [2.05, 4.69) is 13.8 Å². The van der Waals surface area contributed by atoms with Gasteiger partial charge in [-0.15, -0.1) is 23.7 Å². The van der Waals surface area contributed by atoms with Crippen molar-refractivity contribution in [2.24, 2.45) is 11.1 Å². The minimum absolute atomic E-state index is 0. The molecule has 0 aliphatic carbocycles. The van der Waals surface area contributed by atoms with Gasteiger partial charge in [-0.3, -0.25) is 9.59 Å². The second kappa shape index (κ2) is 6.24. The maximum atomic E-state index is 12.4. The zero-order valence-corrected chi connectivity index (χ0v) is 13.6. The summed E-state index contributed by atoms with van der Waals surface area (Å²) in [7, 11) is 0. The van der Waals surface area contributed by atoms with Gasteiger partial charge in [0, 0.05) is 30.1 Å². The number of thiophene rings is 1. The number of nitrogens with two attached hydrogens (primary N) is 1. The Labute approximate surface area is 129 Å². The monoisotopic (exact) mass is 316 g/mol. The Balaban J connectivity index is 0.00000200. The van der Waals surface area contributed by atoms with Gasteiger partial charge in [-0.05, 0) is 24.8 Å². The summed E-state index contributed by atoms with van der Waals surface area (Å²) in [4.78, 5) is 26.2. The molecule has 6 heteroatoms. The Hall–Kier alpha value is -0.910. The lowest BCUT2D eigenvalue weighted by molar-refractivity contribution is 0.0537. The van der Waals surface area contributed by atoms with E-state index in [1.807, 2.05) is 4.90 Å². The Kier molecular flexibility index (Phi) is 5.35. The topological polar surface area (TPSA) is 63.4 Å². The van der Waals surface area contributed by atoms with E-state index in [1.165, 1.54) is 18.3 Å². The van der Waals surface area contributed by atoms with Crippen molar-refractivity contribution in [2.45, 2.75) is 33.2 Å². The number of piperidine rings is 1. The molecule has 1 atom stereocenters. The summed E-state index contributed by atoms with van der Waals surface area (Å²) in [5.41, 5.74) is 6.63. The van der Waals surface area contributed by atoms with E-state index in [1.54, 1.807) is 11.4 Å². The van der Waals surface area contributed by atoms with E-state index in [0.29, 0.717) is 23.5 Å². The molecule has 1 aromatic rings. The van der Waals surface area contributed by atoms with Crippen LogP contribution in [0, 0.1) is 5.41 Å². The van der Waals surface area contributed by atoms with Gasteiger partial charge in [0.2, 0.25) is 0 Å². The van der Waals surface area contributed by atoms with E-state index in [0.717, 1.165) is 6.42 Å². The first-order valence-corrected chi connectivity index (χ1v) is 7.33. The number of carbonyl (C=O) groups excluding carboxylic acids is 2. The van der Waals surface area contributed by atoms with Crippen LogP contribution in [0.4, 0.5) is 0 Å². The third-order valence-corrected chi connectivity index (χ3v) is 4.73. The molecule has 1 saturated heterocycles. The molecule has 0 bridgehead atoms. The molecule has 0 spiro atoms. The van der Waals surface area contributed by atoms with E-state index in [4.69, 9.17) is 5.73 Å². The predicted molar refractivity (Wildman–Crippen MR) is 83.8 cm³/mol. The van der Waals surface area contributed by atoms with Gasteiger partial charge in [0.05, 0.1) is 4.88 Å². The fraction of sp³-hybridized carbons (Fsp3) is 0.571. The highest BCUT2D eigenvalue weighted by Crippen LogP contribution is 2.29. The molecule has 0 saturated carbocycles. The lowest BCUT2D eigenvalue weighted by atomic mass is 9.79. The van der Waals surface area contributed by atoms with E-state index >= 15 is 0 Å². The van der Waals surface area contributed by atoms with E-state index in [9.17, 15) is 9.59 Å². The third kappa shape index (κ3) is 3.40. The molecular weight excluding hydrogens is 296 g/mol. The maximum Gasteiger partial charge on any atom is 0.263 e. The maximum absolute atomic E-state index is 12.4. The Morgan fingerprint density at radius 1 is 1.45 bits per heavy atom. The zero-order chi connectivity index (χ0) is 14.2. The average Bonchev–Trinajstić information content (AvgIpc) is 2.81. The summed E-state index contributed by atoms with van der Waals surface area (Å²) < 4.78 is 0. The van der Waals surface area contributed by atoms with Gasteiger partial charge in [0.1, 0.15) is 0 Å². The number of carbonyl (C=O) groups is 2. The quantitative estimate of drug-likeness (QED) is 0.853. The van der Waals surface area contributed by atoms with Crippen molar-refractivity contribution in [2.75, 3.05) is 13.1 Å². The normalized spacial score (nSPS) is 21.2. The summed E-state index contributed by atoms with van der Waals surface area (Å²) in [5.74, 6) is 0.00812. The van der Waals surface area contributed by atoms with Crippen LogP contribution in [0.15, 0.2) is 11.4 Å². The minimum atomic E-state index is -0.0609. The van der Waals surface area contributed by atoms with Crippen molar-refractivity contribution in [1.82, 2.24) is 4.90 Å². The first kappa shape index (κ1) is 17.1. The molecule has 20 heavy (non-hydrogen) atoms. The fourth-order valence-electron chi connectivity index (χ4n) is 2.34. The first-order valence-electron chi connectivity index (χ1n) is 6.45. The smallest absolute Gasteiger partial charge is 0.263 e. The lowest BCUT2D eigenvalue weighted by Crippen LogP contribution is -2.53. The Morgan fingerprint density at radius 2 is 2.10 bits per heavy atom. The van der Waals surface area contributed by atoms with Gasteiger partial charge in [-0.25, -0.2) is 0 Å². The van der Waals surface area contributed by atoms with Crippen molar-refractivity contribution < 1.29 is 9.59 Å². The molecule has 2 rings (SSSR count). The summed E-state index contributed by atoms with van der Waals surface area (Å²) in [5, 5.41) is 1.75. The molecular formula is C14H21ClN2O2S. The fourth-order valence-corrected chi connectivity index (χ4v) is 3.25. The molecule has 1 unspecified atom stereocenters. The number of Topliss-reactive ketones (excluding diaryl/α,β-unsaturated/α-hetero) is 1. The van der Waals surface area contributed by atoms with Gasteiger partial charge in [-0.2, -0.15) is 0 Å². The number of likely N-dealkylation sites (tertiary alicyclic amines) is 1. The number of amides is 1. The second-order valence-corrected chi connectivity index (χ2v) is 6.78. The van der Waals surface area contributed by atoms with Crippen LogP contribution in [0.1, 0.15) is 47.2 Å². The van der Waals surface area contributed by atoms with E-state index in [-0.39, 0.29) is 35.6 Å². The second-order valence-electron chi connectivity index (χ2n) is 5.87. The molecule has 0 radical (unpaired) electrons. The average molecular weight is 317 g/mol. The largest absolute Gasteiger partial charge is 0.337 e. The van der Waals surface area contributed by atoms with Gasteiger partial charge in [-0.1, -0.05) is 13.8 Å². The third-order valence-electron chi connectivity index (χ3n) is 3.82. The van der Waals surface area contributed by atoms with E-state index < -0.39 is 0 Å². The molecule has 1 fully saturated rings. The van der Waals surface area contributed by atoms with Crippen molar-refractivity contribution in [3.8, 4) is 0 Å². The molecule has 2 N–H and O–H groups in total. The molecule has 1 aliphatic rings. The summed E-state index contributed by atoms with van der Waals surface area (Å²) in [6, 6.07) is 1.82. The van der Waals surface area contributed by atoms with Crippen LogP contribution < -0.4 is 5.73 Å². The van der Waals surface area contributed by atoms with Crippen LogP contribution in [0.3, 0.4) is 0 Å². The van der Waals surface area contributed by atoms with Crippen LogP contribution in [0.25, 0.3) is 0 Å². The van der Waals surface area contributed by atoms with Crippen molar-refractivity contribution in [3.05, 3.63) is 21.9 Å². The lowest BCUT2D eigenvalue weighted by Gasteiger charge is -2.42. The van der Waals surface area contributed by atoms with Crippen LogP contribution in [-0.4, -0.2) is 35.7 Å². The predicted octanol–water partition coefficient (Wildman–Crippen LogP) is 2.57. The number of rotatable bonds is 2. The van der Waals surface area contributed by atoms with Gasteiger partial charge in [0.15, 0.2) is 5.78 Å². The SMILES string of the molecule is CC(=O)c1csc(C(=O)N2CCC(N)C(C)(C)C2)c1.Cl. The number of ketones is 1. The Morgan fingerprint density at radius 3 is 2.60 bits per heavy atom. The Bertz CT molecular complexity index is 513. The number of hydrogen-bond acceptors (Lipinski definition) is 4. The van der Waals surface area contributed by atoms with Crippen LogP contribution in [0.5, 0.6) is 0 Å². The molecule has 0 aromatic carbocycles. The molecule has 1 aromatic heterocycles. The van der Waals surface area contributed by atoms with Crippen molar-refractivity contribution >= 4 is 35.4 Å². The van der Waals surface area contributed by atoms with Gasteiger partial charge in [0.25, 0.3) is 5.91 Å². The molecule has 112 valence electrons. The van der Waals surface area contributed by atoms with Crippen LogP contribution in [0.2, 0.25) is 0 Å².